The van der Waals surface area contributed by atoms with Gasteiger partial charge in [-0.3, -0.25) is 0 Å². The van der Waals surface area contributed by atoms with Crippen molar-refractivity contribution < 1.29 is 24.1 Å². The summed E-state index contributed by atoms with van der Waals surface area (Å²) < 4.78 is 21.5. The molecule has 30 heavy (non-hydrogen) atoms. The molecule has 3 N–H and O–H groups in total. The molecule has 8 heteroatoms. The minimum Gasteiger partial charge on any atom is -0.493 e. The Bertz CT molecular complexity index is 826. The molecule has 8 nitrogen and oxygen atoms in total. The van der Waals surface area contributed by atoms with E-state index in [4.69, 9.17) is 24.1 Å². The molecule has 0 unspecified atom stereocenters. The van der Waals surface area contributed by atoms with Gasteiger partial charge in [0.25, 0.3) is 0 Å². The SMILES string of the molecule is CCNC(=NCc1ccc(OC)c(OC)c1)NCc1ccc(OCCO)c(OC)c1. The molecule has 0 spiro atoms. The number of guanidine groups is 1. The van der Waals surface area contributed by atoms with Crippen molar-refractivity contribution in [3.8, 4) is 23.0 Å². The van der Waals surface area contributed by atoms with E-state index in [0.717, 1.165) is 17.7 Å². The first-order valence-corrected chi connectivity index (χ1v) is 9.78. The molecule has 0 bridgehead atoms. The summed E-state index contributed by atoms with van der Waals surface area (Å²) in [5, 5.41) is 15.5. The van der Waals surface area contributed by atoms with Gasteiger partial charge in [0.15, 0.2) is 29.0 Å². The number of hydrogen-bond donors (Lipinski definition) is 3. The van der Waals surface area contributed by atoms with Crippen LogP contribution in [0.2, 0.25) is 0 Å². The van der Waals surface area contributed by atoms with E-state index >= 15 is 0 Å². The molecule has 164 valence electrons. The van der Waals surface area contributed by atoms with Crippen LogP contribution in [0.4, 0.5) is 0 Å². The molecule has 2 rings (SSSR count). The first-order valence-electron chi connectivity index (χ1n) is 9.78. The van der Waals surface area contributed by atoms with Gasteiger partial charge in [0.2, 0.25) is 0 Å². The zero-order valence-electron chi connectivity index (χ0n) is 18.0. The second kappa shape index (κ2) is 12.4. The molecule has 0 aliphatic carbocycles. The summed E-state index contributed by atoms with van der Waals surface area (Å²) in [5.41, 5.74) is 2.02. The smallest absolute Gasteiger partial charge is 0.191 e. The van der Waals surface area contributed by atoms with Crippen LogP contribution in [0.3, 0.4) is 0 Å². The summed E-state index contributed by atoms with van der Waals surface area (Å²) in [6.07, 6.45) is 0. The average Bonchev–Trinajstić information content (AvgIpc) is 2.79. The number of aliphatic imine (C=N–C) groups is 1. The van der Waals surface area contributed by atoms with Crippen LogP contribution >= 0.6 is 0 Å². The molecule has 0 aliphatic rings. The lowest BCUT2D eigenvalue weighted by atomic mass is 10.2. The summed E-state index contributed by atoms with van der Waals surface area (Å²) >= 11 is 0. The fourth-order valence-corrected chi connectivity index (χ4v) is 2.77. The number of ether oxygens (including phenoxy) is 4. The molecular weight excluding hydrogens is 386 g/mol. The molecule has 0 heterocycles. The Balaban J connectivity index is 2.05. The lowest BCUT2D eigenvalue weighted by Crippen LogP contribution is -2.36. The van der Waals surface area contributed by atoms with E-state index in [2.05, 4.69) is 15.6 Å². The molecular formula is C22H31N3O5. The monoisotopic (exact) mass is 417 g/mol. The Kier molecular flexibility index (Phi) is 9.60. The van der Waals surface area contributed by atoms with Crippen molar-refractivity contribution >= 4 is 5.96 Å². The topological polar surface area (TPSA) is 93.6 Å². The van der Waals surface area contributed by atoms with Gasteiger partial charge in [-0.1, -0.05) is 12.1 Å². The van der Waals surface area contributed by atoms with E-state index < -0.39 is 0 Å². The summed E-state index contributed by atoms with van der Waals surface area (Å²) in [6.45, 7) is 4.00. The van der Waals surface area contributed by atoms with Gasteiger partial charge in [-0.25, -0.2) is 4.99 Å². The van der Waals surface area contributed by atoms with E-state index in [1.165, 1.54) is 0 Å². The third-order valence-electron chi connectivity index (χ3n) is 4.25. The minimum atomic E-state index is -0.0466. The molecule has 2 aromatic rings. The molecule has 0 atom stereocenters. The molecule has 0 aromatic heterocycles. The molecule has 2 aromatic carbocycles. The quantitative estimate of drug-likeness (QED) is 0.382. The van der Waals surface area contributed by atoms with Crippen molar-refractivity contribution in [1.82, 2.24) is 10.6 Å². The Morgan fingerprint density at radius 3 is 2.17 bits per heavy atom. The number of benzene rings is 2. The van der Waals surface area contributed by atoms with Crippen molar-refractivity contribution in [3.05, 3.63) is 47.5 Å². The number of hydrogen-bond acceptors (Lipinski definition) is 6. The van der Waals surface area contributed by atoms with Crippen LogP contribution in [0, 0.1) is 0 Å². The van der Waals surface area contributed by atoms with Gasteiger partial charge >= 0.3 is 0 Å². The van der Waals surface area contributed by atoms with Gasteiger partial charge in [0.1, 0.15) is 6.61 Å². The molecule has 0 aliphatic heterocycles. The third-order valence-corrected chi connectivity index (χ3v) is 4.25. The number of methoxy groups -OCH3 is 3. The fraction of sp³-hybridized carbons (Fsp3) is 0.409. The van der Waals surface area contributed by atoms with E-state index in [1.54, 1.807) is 21.3 Å². The normalized spacial score (nSPS) is 11.0. The maximum absolute atomic E-state index is 8.92. The van der Waals surface area contributed by atoms with Crippen LogP contribution in [-0.4, -0.2) is 52.2 Å². The second-order valence-corrected chi connectivity index (χ2v) is 6.30. The highest BCUT2D eigenvalue weighted by atomic mass is 16.5. The first-order chi connectivity index (χ1) is 14.6. The van der Waals surface area contributed by atoms with Gasteiger partial charge in [-0.05, 0) is 42.3 Å². The van der Waals surface area contributed by atoms with E-state index in [-0.39, 0.29) is 13.2 Å². The highest BCUT2D eigenvalue weighted by Gasteiger charge is 2.07. The minimum absolute atomic E-state index is 0.0466. The molecule has 0 radical (unpaired) electrons. The van der Waals surface area contributed by atoms with E-state index in [9.17, 15) is 0 Å². The van der Waals surface area contributed by atoms with Gasteiger partial charge in [-0.2, -0.15) is 0 Å². The van der Waals surface area contributed by atoms with Gasteiger partial charge < -0.3 is 34.7 Å². The van der Waals surface area contributed by atoms with Gasteiger partial charge in [-0.15, -0.1) is 0 Å². The Labute approximate surface area is 177 Å². The Hall–Kier alpha value is -3.13. The van der Waals surface area contributed by atoms with Crippen LogP contribution in [0.15, 0.2) is 41.4 Å². The first kappa shape index (κ1) is 23.2. The van der Waals surface area contributed by atoms with E-state index in [0.29, 0.717) is 42.0 Å². The second-order valence-electron chi connectivity index (χ2n) is 6.30. The maximum Gasteiger partial charge on any atom is 0.191 e. The lowest BCUT2D eigenvalue weighted by molar-refractivity contribution is 0.196. The predicted molar refractivity (Wildman–Crippen MR) is 117 cm³/mol. The van der Waals surface area contributed by atoms with Crippen molar-refractivity contribution in [2.24, 2.45) is 4.99 Å². The Morgan fingerprint density at radius 1 is 0.867 bits per heavy atom. The fourth-order valence-electron chi connectivity index (χ4n) is 2.77. The zero-order chi connectivity index (χ0) is 21.8. The van der Waals surface area contributed by atoms with Crippen LogP contribution in [-0.2, 0) is 13.1 Å². The van der Waals surface area contributed by atoms with Crippen LogP contribution in [0.25, 0.3) is 0 Å². The number of rotatable bonds is 11. The van der Waals surface area contributed by atoms with E-state index in [1.807, 2.05) is 43.3 Å². The molecule has 0 saturated carbocycles. The third kappa shape index (κ3) is 6.73. The summed E-state index contributed by atoms with van der Waals surface area (Å²) in [6, 6.07) is 11.4. The zero-order valence-corrected chi connectivity index (χ0v) is 18.0. The van der Waals surface area contributed by atoms with Crippen LogP contribution in [0.5, 0.6) is 23.0 Å². The molecule has 0 fully saturated rings. The largest absolute Gasteiger partial charge is 0.493 e. The lowest BCUT2D eigenvalue weighted by Gasteiger charge is -2.14. The molecule has 0 amide bonds. The van der Waals surface area contributed by atoms with Gasteiger partial charge in [0, 0.05) is 13.1 Å². The standard InChI is InChI=1S/C22H31N3O5/c1-5-23-22(24-14-16-6-8-18(27-2)20(12-16)28-3)25-15-17-7-9-19(30-11-10-26)21(13-17)29-4/h6-9,12-13,26H,5,10-11,14-15H2,1-4H3,(H2,23,24,25). The van der Waals surface area contributed by atoms with Crippen molar-refractivity contribution in [2.75, 3.05) is 41.1 Å². The number of aliphatic hydroxyl groups excluding tert-OH is 1. The summed E-state index contributed by atoms with van der Waals surface area (Å²) in [4.78, 5) is 4.64. The van der Waals surface area contributed by atoms with Crippen LogP contribution in [0.1, 0.15) is 18.1 Å². The average molecular weight is 418 g/mol. The highest BCUT2D eigenvalue weighted by molar-refractivity contribution is 5.79. The highest BCUT2D eigenvalue weighted by Crippen LogP contribution is 2.28. The number of aliphatic hydroxyl groups is 1. The number of nitrogens with zero attached hydrogens (tertiary/aromatic N) is 1. The van der Waals surface area contributed by atoms with Crippen molar-refractivity contribution in [2.45, 2.75) is 20.0 Å². The van der Waals surface area contributed by atoms with Crippen LogP contribution < -0.4 is 29.6 Å². The van der Waals surface area contributed by atoms with Crippen molar-refractivity contribution in [3.63, 3.8) is 0 Å². The predicted octanol–water partition coefficient (Wildman–Crippen LogP) is 2.34. The van der Waals surface area contributed by atoms with Gasteiger partial charge in [0.05, 0.1) is 34.5 Å². The van der Waals surface area contributed by atoms with Crippen molar-refractivity contribution in [1.29, 1.82) is 0 Å². The molecule has 0 saturated heterocycles. The number of nitrogens with one attached hydrogen (secondary N) is 2. The summed E-state index contributed by atoms with van der Waals surface area (Å²) in [7, 11) is 4.82. The Morgan fingerprint density at radius 2 is 1.50 bits per heavy atom. The summed E-state index contributed by atoms with van der Waals surface area (Å²) in [5.74, 6) is 3.29. The maximum atomic E-state index is 8.92.